The van der Waals surface area contributed by atoms with Crippen molar-refractivity contribution >= 4 is 29.0 Å². The summed E-state index contributed by atoms with van der Waals surface area (Å²) in [6, 6.07) is 16.1. The summed E-state index contributed by atoms with van der Waals surface area (Å²) < 4.78 is 27.9. The van der Waals surface area contributed by atoms with Gasteiger partial charge in [-0.15, -0.1) is 0 Å². The molecule has 0 spiro atoms. The Hall–Kier alpha value is -4.70. The van der Waals surface area contributed by atoms with Crippen LogP contribution in [0.2, 0.25) is 5.02 Å². The Kier molecular flexibility index (Phi) is 7.12. The van der Waals surface area contributed by atoms with E-state index in [4.69, 9.17) is 31.2 Å². The molecule has 5 heterocycles. The number of benzene rings is 2. The Bertz CT molecular complexity index is 1930. The van der Waals surface area contributed by atoms with E-state index in [1.165, 1.54) is 6.07 Å². The molecule has 5 aromatic rings. The summed E-state index contributed by atoms with van der Waals surface area (Å²) in [5.74, 6) is 0.202. The number of carbonyl (C=O) groups is 1. The third-order valence-corrected chi connectivity index (χ3v) is 8.64. The predicted molar refractivity (Wildman–Crippen MR) is 171 cm³/mol. The fraction of sp³-hybridized carbons (Fsp3) is 0.294. The minimum Gasteiger partial charge on any atom is -0.495 e. The van der Waals surface area contributed by atoms with E-state index in [1.807, 2.05) is 55.6 Å². The number of likely N-dealkylation sites (tertiary alicyclic amines) is 1. The van der Waals surface area contributed by atoms with E-state index >= 15 is 0 Å². The SMILES string of the molecule is COc1cc(-c2c(-c3ccncc3)nn3c(-c4ccc(F)cc4N4CC5CC4CN5C(=O)OC(C)(C)C)ccnc23)ccc1Cl. The first-order chi connectivity index (χ1) is 21.6. The van der Waals surface area contributed by atoms with Gasteiger partial charge in [0.05, 0.1) is 29.4 Å². The van der Waals surface area contributed by atoms with Crippen LogP contribution in [0.1, 0.15) is 27.2 Å². The Balaban J connectivity index is 1.34. The van der Waals surface area contributed by atoms with E-state index in [1.54, 1.807) is 48.8 Å². The zero-order valence-corrected chi connectivity index (χ0v) is 26.1. The predicted octanol–water partition coefficient (Wildman–Crippen LogP) is 7.12. The molecule has 2 aliphatic heterocycles. The van der Waals surface area contributed by atoms with E-state index < -0.39 is 5.60 Å². The summed E-state index contributed by atoms with van der Waals surface area (Å²) >= 11 is 6.38. The Morgan fingerprint density at radius 1 is 0.978 bits per heavy atom. The summed E-state index contributed by atoms with van der Waals surface area (Å²) in [6.07, 6.45) is 5.67. The van der Waals surface area contributed by atoms with Gasteiger partial charge in [0, 0.05) is 54.5 Å². The topological polar surface area (TPSA) is 85.1 Å². The van der Waals surface area contributed by atoms with Gasteiger partial charge in [-0.1, -0.05) is 17.7 Å². The third-order valence-electron chi connectivity index (χ3n) is 8.33. The number of halogens is 2. The first-order valence-corrected chi connectivity index (χ1v) is 15.2. The third kappa shape index (κ3) is 5.22. The molecule has 2 aromatic carbocycles. The number of hydrogen-bond acceptors (Lipinski definition) is 7. The standard InChI is InChI=1S/C34H32ClFN6O3/c1-34(2,3)45-33(43)41-19-23-17-24(41)18-40(23)28-16-22(36)6-7-25(28)27-11-14-38-32-30(21-5-8-26(35)29(15-21)44-4)31(39-42(27)32)20-9-12-37-13-10-20/h5-16,23-24H,17-19H2,1-4H3. The number of aromatic nitrogens is 4. The molecule has 3 aromatic heterocycles. The number of fused-ring (bicyclic) bond motifs is 3. The van der Waals surface area contributed by atoms with Crippen LogP contribution in [0, 0.1) is 5.82 Å². The molecule has 230 valence electrons. The first-order valence-electron chi connectivity index (χ1n) is 14.8. The normalized spacial score (nSPS) is 17.7. The fourth-order valence-corrected chi connectivity index (χ4v) is 6.60. The highest BCUT2D eigenvalue weighted by atomic mass is 35.5. The molecule has 2 saturated heterocycles. The van der Waals surface area contributed by atoms with Gasteiger partial charge >= 0.3 is 6.09 Å². The monoisotopic (exact) mass is 626 g/mol. The quantitative estimate of drug-likeness (QED) is 0.205. The summed E-state index contributed by atoms with van der Waals surface area (Å²) in [7, 11) is 1.58. The minimum absolute atomic E-state index is 0.0205. The maximum Gasteiger partial charge on any atom is 0.410 e. The van der Waals surface area contributed by atoms with Crippen LogP contribution in [-0.2, 0) is 4.74 Å². The van der Waals surface area contributed by atoms with Gasteiger partial charge in [-0.3, -0.25) is 4.98 Å². The smallest absolute Gasteiger partial charge is 0.410 e. The summed E-state index contributed by atoms with van der Waals surface area (Å²) in [5.41, 5.74) is 5.56. The molecule has 2 atom stereocenters. The van der Waals surface area contributed by atoms with Crippen molar-refractivity contribution in [1.82, 2.24) is 24.5 Å². The van der Waals surface area contributed by atoms with Crippen molar-refractivity contribution in [3.05, 3.63) is 84.0 Å². The van der Waals surface area contributed by atoms with Crippen LogP contribution in [0.3, 0.4) is 0 Å². The number of methoxy groups -OCH3 is 1. The number of carbonyl (C=O) groups excluding carboxylic acids is 1. The van der Waals surface area contributed by atoms with E-state index in [-0.39, 0.29) is 24.0 Å². The van der Waals surface area contributed by atoms with E-state index in [9.17, 15) is 9.18 Å². The van der Waals surface area contributed by atoms with Crippen molar-refractivity contribution in [2.45, 2.75) is 44.9 Å². The molecule has 2 unspecified atom stereocenters. The molecular formula is C34H32ClFN6O3. The van der Waals surface area contributed by atoms with Crippen LogP contribution in [-0.4, -0.2) is 68.5 Å². The van der Waals surface area contributed by atoms with Crippen LogP contribution >= 0.6 is 11.6 Å². The first kappa shape index (κ1) is 29.0. The zero-order chi connectivity index (χ0) is 31.5. The average Bonchev–Trinajstić information content (AvgIpc) is 3.74. The van der Waals surface area contributed by atoms with Gasteiger partial charge in [-0.05, 0) is 81.3 Å². The van der Waals surface area contributed by atoms with Gasteiger partial charge in [0.1, 0.15) is 22.9 Å². The lowest BCUT2D eigenvalue weighted by molar-refractivity contribution is 0.0214. The second-order valence-corrected chi connectivity index (χ2v) is 12.8. The number of rotatable bonds is 5. The number of ether oxygens (including phenoxy) is 2. The zero-order valence-electron chi connectivity index (χ0n) is 25.4. The Morgan fingerprint density at radius 2 is 1.78 bits per heavy atom. The Labute approximate surface area is 265 Å². The molecule has 45 heavy (non-hydrogen) atoms. The molecule has 11 heteroatoms. The van der Waals surface area contributed by atoms with Crippen LogP contribution in [0.5, 0.6) is 5.75 Å². The lowest BCUT2D eigenvalue weighted by atomic mass is 10.0. The van der Waals surface area contributed by atoms with Gasteiger partial charge < -0.3 is 19.3 Å². The van der Waals surface area contributed by atoms with Gasteiger partial charge in [-0.25, -0.2) is 18.7 Å². The maximum absolute atomic E-state index is 14.9. The molecular weight excluding hydrogens is 595 g/mol. The number of pyridine rings is 1. The van der Waals surface area contributed by atoms with Crippen molar-refractivity contribution in [2.24, 2.45) is 0 Å². The second kappa shape index (κ2) is 11.0. The minimum atomic E-state index is -0.573. The molecule has 1 amide bonds. The fourth-order valence-electron chi connectivity index (χ4n) is 6.41. The van der Waals surface area contributed by atoms with E-state index in [0.717, 1.165) is 40.1 Å². The van der Waals surface area contributed by atoms with Crippen LogP contribution in [0.15, 0.2) is 73.2 Å². The highest BCUT2D eigenvalue weighted by Crippen LogP contribution is 2.43. The number of anilines is 1. The lowest BCUT2D eigenvalue weighted by Crippen LogP contribution is -2.50. The molecule has 2 fully saturated rings. The molecule has 0 radical (unpaired) electrons. The maximum atomic E-state index is 14.9. The van der Waals surface area contributed by atoms with Crippen molar-refractivity contribution in [1.29, 1.82) is 0 Å². The van der Waals surface area contributed by atoms with Gasteiger partial charge in [0.25, 0.3) is 0 Å². The molecule has 0 aliphatic carbocycles. The van der Waals surface area contributed by atoms with Gasteiger partial charge in [-0.2, -0.15) is 5.10 Å². The van der Waals surface area contributed by atoms with Gasteiger partial charge in [0.2, 0.25) is 0 Å². The highest BCUT2D eigenvalue weighted by Gasteiger charge is 2.47. The summed E-state index contributed by atoms with van der Waals surface area (Å²) in [4.78, 5) is 25.9. The van der Waals surface area contributed by atoms with E-state index in [2.05, 4.69) is 9.88 Å². The Morgan fingerprint density at radius 3 is 2.49 bits per heavy atom. The van der Waals surface area contributed by atoms with Gasteiger partial charge in [0.15, 0.2) is 5.65 Å². The number of amides is 1. The molecule has 0 N–H and O–H groups in total. The molecule has 0 saturated carbocycles. The van der Waals surface area contributed by atoms with Crippen LogP contribution in [0.4, 0.5) is 14.9 Å². The van der Waals surface area contributed by atoms with E-state index in [0.29, 0.717) is 35.2 Å². The summed E-state index contributed by atoms with van der Waals surface area (Å²) in [5, 5.41) is 5.59. The number of piperazine rings is 1. The van der Waals surface area contributed by atoms with Crippen LogP contribution in [0.25, 0.3) is 39.3 Å². The number of hydrogen-bond donors (Lipinski definition) is 0. The van der Waals surface area contributed by atoms with Crippen molar-refractivity contribution in [3.8, 4) is 39.4 Å². The largest absolute Gasteiger partial charge is 0.495 e. The molecule has 9 nitrogen and oxygen atoms in total. The molecule has 2 aliphatic rings. The van der Waals surface area contributed by atoms with Crippen molar-refractivity contribution < 1.29 is 18.7 Å². The van der Waals surface area contributed by atoms with Crippen molar-refractivity contribution in [3.63, 3.8) is 0 Å². The summed E-state index contributed by atoms with van der Waals surface area (Å²) in [6.45, 7) is 6.68. The lowest BCUT2D eigenvalue weighted by Gasteiger charge is -2.37. The highest BCUT2D eigenvalue weighted by molar-refractivity contribution is 6.32. The molecule has 2 bridgehead atoms. The molecule has 7 rings (SSSR count). The van der Waals surface area contributed by atoms with Crippen LogP contribution < -0.4 is 9.64 Å². The average molecular weight is 627 g/mol. The second-order valence-electron chi connectivity index (χ2n) is 12.4. The number of nitrogens with zero attached hydrogens (tertiary/aromatic N) is 6. The van der Waals surface area contributed by atoms with Crippen molar-refractivity contribution in [2.75, 3.05) is 25.1 Å².